The lowest BCUT2D eigenvalue weighted by atomic mass is 10.3. The van der Waals surface area contributed by atoms with Crippen molar-refractivity contribution in [1.29, 1.82) is 0 Å². The van der Waals surface area contributed by atoms with Crippen LogP contribution < -0.4 is 0 Å². The molecule has 0 N–H and O–H groups in total. The number of thiophene rings is 2. The van der Waals surface area contributed by atoms with Crippen LogP contribution in [-0.2, 0) is 0 Å². The molecule has 0 saturated carbocycles. The van der Waals surface area contributed by atoms with E-state index in [-0.39, 0.29) is 0 Å². The van der Waals surface area contributed by atoms with Gasteiger partial charge in [0.15, 0.2) is 9.66 Å². The van der Waals surface area contributed by atoms with Crippen molar-refractivity contribution >= 4 is 55.0 Å². The van der Waals surface area contributed by atoms with Crippen LogP contribution in [0.15, 0.2) is 69.9 Å². The van der Waals surface area contributed by atoms with Crippen LogP contribution in [0.3, 0.4) is 0 Å². The van der Waals surface area contributed by atoms with E-state index in [0.29, 0.717) is 0 Å². The molecule has 0 aliphatic rings. The van der Waals surface area contributed by atoms with E-state index < -0.39 is 0 Å². The van der Waals surface area contributed by atoms with Crippen molar-refractivity contribution in [2.75, 3.05) is 0 Å². The summed E-state index contributed by atoms with van der Waals surface area (Å²) in [6, 6.07) is 16.1. The Labute approximate surface area is 175 Å². The Balaban J connectivity index is 1.32. The second kappa shape index (κ2) is 6.52. The van der Waals surface area contributed by atoms with Crippen molar-refractivity contribution in [3.05, 3.63) is 61.1 Å². The molecule has 0 unspecified atom stereocenters. The molecule has 0 radical (unpaired) electrons. The quantitative estimate of drug-likeness (QED) is 0.282. The minimum absolute atomic E-state index is 0.889. The predicted molar refractivity (Wildman–Crippen MR) is 117 cm³/mol. The standard InChI is InChI=1S/C20H10N2O2S4/c1-3-11(23-9-1)13-5-7-15(25-13)17-21-19-20(27-17)22-18(28-19)16-8-6-14(26-16)12-4-2-10-24-12/h1-10H. The molecular weight excluding hydrogens is 429 g/mol. The van der Waals surface area contributed by atoms with E-state index in [9.17, 15) is 0 Å². The van der Waals surface area contributed by atoms with Crippen molar-refractivity contribution in [2.45, 2.75) is 0 Å². The van der Waals surface area contributed by atoms with Gasteiger partial charge in [-0.25, -0.2) is 9.97 Å². The van der Waals surface area contributed by atoms with Crippen LogP contribution in [0, 0.1) is 0 Å². The van der Waals surface area contributed by atoms with Crippen LogP contribution >= 0.6 is 45.3 Å². The van der Waals surface area contributed by atoms with E-state index in [2.05, 4.69) is 24.3 Å². The molecule has 0 fully saturated rings. The largest absolute Gasteiger partial charge is 0.464 e. The summed E-state index contributed by atoms with van der Waals surface area (Å²) in [4.78, 5) is 16.1. The third kappa shape index (κ3) is 2.77. The van der Waals surface area contributed by atoms with Crippen molar-refractivity contribution in [3.8, 4) is 41.0 Å². The summed E-state index contributed by atoms with van der Waals surface area (Å²) in [6.07, 6.45) is 3.39. The maximum atomic E-state index is 5.48. The van der Waals surface area contributed by atoms with Crippen LogP contribution in [0.1, 0.15) is 0 Å². The molecule has 0 atom stereocenters. The fraction of sp³-hybridized carbons (Fsp3) is 0. The SMILES string of the molecule is c1coc(-c2ccc(-c3nc4sc(-c5ccc(-c6ccco6)s5)nc4s3)s2)c1. The number of fused-ring (bicyclic) bond motifs is 1. The maximum Gasteiger partial charge on any atom is 0.155 e. The third-order valence-corrected chi connectivity index (χ3v) is 8.70. The minimum Gasteiger partial charge on any atom is -0.464 e. The Morgan fingerprint density at radius 2 is 1.00 bits per heavy atom. The fourth-order valence-electron chi connectivity index (χ4n) is 2.86. The van der Waals surface area contributed by atoms with Gasteiger partial charge in [-0.15, -0.1) is 22.7 Å². The Morgan fingerprint density at radius 3 is 1.43 bits per heavy atom. The summed E-state index contributed by atoms with van der Waals surface area (Å²) in [5.41, 5.74) is 0. The zero-order valence-corrected chi connectivity index (χ0v) is 17.4. The first kappa shape index (κ1) is 16.4. The molecule has 8 heteroatoms. The van der Waals surface area contributed by atoms with Gasteiger partial charge in [-0.1, -0.05) is 22.7 Å². The van der Waals surface area contributed by atoms with Gasteiger partial charge in [0.2, 0.25) is 0 Å². The van der Waals surface area contributed by atoms with E-state index in [1.54, 1.807) is 57.9 Å². The predicted octanol–water partition coefficient (Wildman–Crippen LogP) is 7.73. The van der Waals surface area contributed by atoms with Gasteiger partial charge in [0.25, 0.3) is 0 Å². The monoisotopic (exact) mass is 438 g/mol. The summed E-state index contributed by atoms with van der Waals surface area (Å²) in [5, 5.41) is 2.01. The van der Waals surface area contributed by atoms with Crippen molar-refractivity contribution in [2.24, 2.45) is 0 Å². The molecule has 0 aromatic carbocycles. The average molecular weight is 439 g/mol. The highest BCUT2D eigenvalue weighted by Crippen LogP contribution is 2.42. The molecule has 6 aromatic heterocycles. The average Bonchev–Trinajstić information content (AvgIpc) is 3.54. The first-order valence-electron chi connectivity index (χ1n) is 8.39. The lowest BCUT2D eigenvalue weighted by Gasteiger charge is -1.90. The van der Waals surface area contributed by atoms with E-state index in [4.69, 9.17) is 18.8 Å². The van der Waals surface area contributed by atoms with Crippen LogP contribution in [0.5, 0.6) is 0 Å². The summed E-state index contributed by atoms with van der Waals surface area (Å²) in [5.74, 6) is 1.78. The Morgan fingerprint density at radius 1 is 0.536 bits per heavy atom. The first-order valence-corrected chi connectivity index (χ1v) is 11.7. The lowest BCUT2D eigenvalue weighted by molar-refractivity contribution is 0.583. The number of furan rings is 2. The molecule has 0 aliphatic heterocycles. The second-order valence-electron chi connectivity index (χ2n) is 5.93. The van der Waals surface area contributed by atoms with Crippen LogP contribution in [0.25, 0.3) is 50.7 Å². The summed E-state index contributed by atoms with van der Waals surface area (Å²) in [6.45, 7) is 0. The van der Waals surface area contributed by atoms with Crippen LogP contribution in [0.4, 0.5) is 0 Å². The number of hydrogen-bond acceptors (Lipinski definition) is 8. The van der Waals surface area contributed by atoms with Gasteiger partial charge < -0.3 is 8.83 Å². The molecule has 6 heterocycles. The first-order chi connectivity index (χ1) is 13.8. The van der Waals surface area contributed by atoms with Gasteiger partial charge in [0, 0.05) is 0 Å². The third-order valence-electron chi connectivity index (χ3n) is 4.14. The molecule has 6 rings (SSSR count). The molecule has 0 aliphatic carbocycles. The maximum absolute atomic E-state index is 5.48. The van der Waals surface area contributed by atoms with E-state index >= 15 is 0 Å². The minimum atomic E-state index is 0.889. The van der Waals surface area contributed by atoms with Gasteiger partial charge >= 0.3 is 0 Å². The van der Waals surface area contributed by atoms with Gasteiger partial charge in [-0.2, -0.15) is 0 Å². The molecule has 4 nitrogen and oxygen atoms in total. The van der Waals surface area contributed by atoms with Gasteiger partial charge in [-0.3, -0.25) is 0 Å². The smallest absolute Gasteiger partial charge is 0.155 e. The van der Waals surface area contributed by atoms with E-state index in [1.807, 2.05) is 24.3 Å². The summed E-state index contributed by atoms with van der Waals surface area (Å²) in [7, 11) is 0. The number of nitrogens with zero attached hydrogens (tertiary/aromatic N) is 2. The highest BCUT2D eigenvalue weighted by atomic mass is 32.1. The molecule has 0 amide bonds. The molecule has 28 heavy (non-hydrogen) atoms. The Bertz CT molecular complexity index is 1230. The molecule has 6 aromatic rings. The number of thiazole rings is 2. The van der Waals surface area contributed by atoms with Crippen molar-refractivity contribution < 1.29 is 8.83 Å². The molecular formula is C20H10N2O2S4. The van der Waals surface area contributed by atoms with Crippen molar-refractivity contribution in [1.82, 2.24) is 9.97 Å². The Kier molecular flexibility index (Phi) is 3.83. The highest BCUT2D eigenvalue weighted by Gasteiger charge is 2.16. The van der Waals surface area contributed by atoms with Gasteiger partial charge in [0.1, 0.15) is 21.5 Å². The number of rotatable bonds is 4. The van der Waals surface area contributed by atoms with E-state index in [1.165, 1.54) is 0 Å². The normalized spacial score (nSPS) is 11.6. The summed E-state index contributed by atoms with van der Waals surface area (Å²) >= 11 is 6.65. The molecule has 0 spiro atoms. The lowest BCUT2D eigenvalue weighted by Crippen LogP contribution is -1.67. The zero-order valence-electron chi connectivity index (χ0n) is 14.1. The second-order valence-corrected chi connectivity index (χ2v) is 10.1. The van der Waals surface area contributed by atoms with Crippen molar-refractivity contribution in [3.63, 3.8) is 0 Å². The highest BCUT2D eigenvalue weighted by molar-refractivity contribution is 7.32. The zero-order chi connectivity index (χ0) is 18.5. The summed E-state index contributed by atoms with van der Waals surface area (Å²) < 4.78 is 11.0. The van der Waals surface area contributed by atoms with E-state index in [0.717, 1.165) is 50.7 Å². The molecule has 136 valence electrons. The topological polar surface area (TPSA) is 52.1 Å². The Hall–Kier alpha value is -2.52. The fourth-order valence-corrected chi connectivity index (χ4v) is 6.96. The van der Waals surface area contributed by atoms with Crippen LogP contribution in [-0.4, -0.2) is 9.97 Å². The number of aromatic nitrogens is 2. The molecule has 0 bridgehead atoms. The van der Waals surface area contributed by atoms with Crippen LogP contribution in [0.2, 0.25) is 0 Å². The van der Waals surface area contributed by atoms with Gasteiger partial charge in [-0.05, 0) is 48.5 Å². The molecule has 0 saturated heterocycles. The number of hydrogen-bond donors (Lipinski definition) is 0. The van der Waals surface area contributed by atoms with Gasteiger partial charge in [0.05, 0.1) is 32.0 Å².